The molecule has 28 heavy (non-hydrogen) atoms. The highest BCUT2D eigenvalue weighted by Gasteiger charge is 2.26. The number of esters is 1. The average molecular weight is 414 g/mol. The van der Waals surface area contributed by atoms with Crippen molar-refractivity contribution in [2.24, 2.45) is 0 Å². The summed E-state index contributed by atoms with van der Waals surface area (Å²) >= 11 is 7.69. The van der Waals surface area contributed by atoms with Crippen LogP contribution in [-0.4, -0.2) is 34.8 Å². The van der Waals surface area contributed by atoms with Gasteiger partial charge in [0.2, 0.25) is 0 Å². The Kier molecular flexibility index (Phi) is 4.78. The van der Waals surface area contributed by atoms with Crippen molar-refractivity contribution in [1.29, 1.82) is 0 Å². The quantitative estimate of drug-likeness (QED) is 0.446. The highest BCUT2D eigenvalue weighted by molar-refractivity contribution is 7.17. The number of aromatic nitrogens is 3. The summed E-state index contributed by atoms with van der Waals surface area (Å²) in [5.74, 6) is 0.0564. The summed E-state index contributed by atoms with van der Waals surface area (Å²) in [6, 6.07) is 11.1. The molecule has 142 valence electrons. The lowest BCUT2D eigenvalue weighted by Crippen LogP contribution is -2.01. The molecule has 0 saturated heterocycles. The van der Waals surface area contributed by atoms with Gasteiger partial charge in [0.25, 0.3) is 0 Å². The van der Waals surface area contributed by atoms with Crippen LogP contribution in [0.3, 0.4) is 0 Å². The van der Waals surface area contributed by atoms with E-state index in [0.717, 1.165) is 16.8 Å². The van der Waals surface area contributed by atoms with Crippen LogP contribution in [0.15, 0.2) is 42.6 Å². The first-order valence-corrected chi connectivity index (χ1v) is 9.61. The van der Waals surface area contributed by atoms with Crippen LogP contribution in [0.2, 0.25) is 5.02 Å². The fourth-order valence-electron chi connectivity index (χ4n) is 3.11. The van der Waals surface area contributed by atoms with Gasteiger partial charge < -0.3 is 9.47 Å². The lowest BCUT2D eigenvalue weighted by molar-refractivity contribution is 0.0607. The normalized spacial score (nSPS) is 11.0. The molecule has 0 amide bonds. The van der Waals surface area contributed by atoms with Crippen molar-refractivity contribution in [3.63, 3.8) is 0 Å². The third-order valence-corrected chi connectivity index (χ3v) is 5.73. The number of carbonyl (C=O) groups excluding carboxylic acids is 1. The molecule has 0 N–H and O–H groups in total. The number of fused-ring (bicyclic) bond motifs is 1. The minimum absolute atomic E-state index is 0.360. The summed E-state index contributed by atoms with van der Waals surface area (Å²) < 4.78 is 12.2. The van der Waals surface area contributed by atoms with Crippen LogP contribution in [0.5, 0.6) is 5.75 Å². The number of thiazole rings is 1. The summed E-state index contributed by atoms with van der Waals surface area (Å²) in [7, 11) is 2.89. The van der Waals surface area contributed by atoms with E-state index in [-0.39, 0.29) is 0 Å². The van der Waals surface area contributed by atoms with Gasteiger partial charge in [0.05, 0.1) is 41.6 Å². The third-order valence-electron chi connectivity index (χ3n) is 4.36. The molecule has 0 spiro atoms. The summed E-state index contributed by atoms with van der Waals surface area (Å²) in [5.41, 5.74) is 3.58. The zero-order chi connectivity index (χ0) is 19.8. The first-order chi connectivity index (χ1) is 13.5. The van der Waals surface area contributed by atoms with Crippen molar-refractivity contribution in [2.75, 3.05) is 14.2 Å². The van der Waals surface area contributed by atoms with E-state index < -0.39 is 5.97 Å². The van der Waals surface area contributed by atoms with E-state index in [1.807, 2.05) is 31.3 Å². The number of aryl methyl sites for hydroxylation is 1. The Morgan fingerprint density at radius 2 is 1.96 bits per heavy atom. The molecule has 0 aliphatic carbocycles. The van der Waals surface area contributed by atoms with E-state index in [0.29, 0.717) is 31.9 Å². The molecule has 4 aromatic rings. The lowest BCUT2D eigenvalue weighted by Gasteiger charge is -2.09. The highest BCUT2D eigenvalue weighted by Crippen LogP contribution is 2.43. The zero-order valence-electron chi connectivity index (χ0n) is 15.4. The SMILES string of the molecule is COC(=O)c1sc(-c2c(C)nn3ccccc23)nc1-c1c(Cl)cccc1OC. The molecular weight excluding hydrogens is 398 g/mol. The number of hydrogen-bond acceptors (Lipinski definition) is 6. The van der Waals surface area contributed by atoms with E-state index in [2.05, 4.69) is 5.10 Å². The van der Waals surface area contributed by atoms with Crippen molar-refractivity contribution >= 4 is 34.4 Å². The molecule has 0 atom stereocenters. The van der Waals surface area contributed by atoms with Crippen molar-refractivity contribution in [1.82, 2.24) is 14.6 Å². The number of pyridine rings is 1. The summed E-state index contributed by atoms with van der Waals surface area (Å²) in [6.07, 6.45) is 1.87. The van der Waals surface area contributed by atoms with Gasteiger partial charge in [0.1, 0.15) is 21.3 Å². The molecule has 8 heteroatoms. The van der Waals surface area contributed by atoms with Crippen LogP contribution in [-0.2, 0) is 4.74 Å². The molecule has 4 rings (SSSR count). The standard InChI is InChI=1S/C20H16ClN3O3S/c1-11-15(13-8-4-5-10-24(13)23-11)19-22-17(18(28-19)20(25)27-3)16-12(21)7-6-9-14(16)26-2/h4-10H,1-3H3. The van der Waals surface area contributed by atoms with Crippen molar-refractivity contribution in [3.05, 3.63) is 58.2 Å². The van der Waals surface area contributed by atoms with Crippen molar-refractivity contribution in [2.45, 2.75) is 6.92 Å². The van der Waals surface area contributed by atoms with Crippen LogP contribution in [0, 0.1) is 6.92 Å². The smallest absolute Gasteiger partial charge is 0.350 e. The Morgan fingerprint density at radius 1 is 1.14 bits per heavy atom. The fourth-order valence-corrected chi connectivity index (χ4v) is 4.46. The minimum atomic E-state index is -0.477. The lowest BCUT2D eigenvalue weighted by atomic mass is 10.1. The van der Waals surface area contributed by atoms with Crippen LogP contribution < -0.4 is 4.74 Å². The number of halogens is 1. The van der Waals surface area contributed by atoms with Crippen molar-refractivity contribution < 1.29 is 14.3 Å². The van der Waals surface area contributed by atoms with E-state index >= 15 is 0 Å². The average Bonchev–Trinajstić information content (AvgIpc) is 3.27. The highest BCUT2D eigenvalue weighted by atomic mass is 35.5. The number of ether oxygens (including phenoxy) is 2. The molecule has 0 fully saturated rings. The van der Waals surface area contributed by atoms with Gasteiger partial charge >= 0.3 is 5.97 Å². The molecule has 0 saturated carbocycles. The molecule has 0 aliphatic heterocycles. The van der Waals surface area contributed by atoms with E-state index in [4.69, 9.17) is 26.1 Å². The van der Waals surface area contributed by atoms with Crippen LogP contribution >= 0.6 is 22.9 Å². The number of hydrogen-bond donors (Lipinski definition) is 0. The van der Waals surface area contributed by atoms with Crippen LogP contribution in [0.25, 0.3) is 27.3 Å². The summed E-state index contributed by atoms with van der Waals surface area (Å²) in [6.45, 7) is 1.91. The van der Waals surface area contributed by atoms with Gasteiger partial charge in [-0.25, -0.2) is 14.3 Å². The number of carbonyl (C=O) groups is 1. The predicted octanol–water partition coefficient (Wildman–Crippen LogP) is 4.88. The summed E-state index contributed by atoms with van der Waals surface area (Å²) in [4.78, 5) is 17.6. The second-order valence-electron chi connectivity index (χ2n) is 6.00. The molecule has 6 nitrogen and oxygen atoms in total. The maximum atomic E-state index is 12.5. The first kappa shape index (κ1) is 18.5. The monoisotopic (exact) mass is 413 g/mol. The molecule has 3 aromatic heterocycles. The topological polar surface area (TPSA) is 65.7 Å². The maximum Gasteiger partial charge on any atom is 0.350 e. The Morgan fingerprint density at radius 3 is 2.71 bits per heavy atom. The second kappa shape index (κ2) is 7.26. The van der Waals surface area contributed by atoms with Gasteiger partial charge in [-0.2, -0.15) is 5.10 Å². The molecule has 0 radical (unpaired) electrons. The first-order valence-electron chi connectivity index (χ1n) is 8.41. The number of nitrogens with zero attached hydrogens (tertiary/aromatic N) is 3. The molecule has 3 heterocycles. The van der Waals surface area contributed by atoms with Gasteiger partial charge in [-0.1, -0.05) is 23.7 Å². The predicted molar refractivity (Wildman–Crippen MR) is 109 cm³/mol. The Bertz CT molecular complexity index is 1200. The van der Waals surface area contributed by atoms with Gasteiger partial charge in [-0.05, 0) is 31.2 Å². The van der Waals surface area contributed by atoms with Gasteiger partial charge in [0, 0.05) is 6.20 Å². The van der Waals surface area contributed by atoms with Gasteiger partial charge in [0.15, 0.2) is 0 Å². The third kappa shape index (κ3) is 2.93. The number of methoxy groups -OCH3 is 2. The maximum absolute atomic E-state index is 12.5. The van der Waals surface area contributed by atoms with E-state index in [1.165, 1.54) is 18.4 Å². The zero-order valence-corrected chi connectivity index (χ0v) is 17.0. The van der Waals surface area contributed by atoms with Crippen LogP contribution in [0.1, 0.15) is 15.4 Å². The van der Waals surface area contributed by atoms with Crippen LogP contribution in [0.4, 0.5) is 0 Å². The molecule has 0 aliphatic rings. The van der Waals surface area contributed by atoms with E-state index in [9.17, 15) is 4.79 Å². The van der Waals surface area contributed by atoms with Gasteiger partial charge in [-0.3, -0.25) is 0 Å². The Labute approximate surface area is 170 Å². The van der Waals surface area contributed by atoms with Gasteiger partial charge in [-0.15, -0.1) is 11.3 Å². The Hall–Kier alpha value is -2.90. The van der Waals surface area contributed by atoms with E-state index in [1.54, 1.807) is 29.8 Å². The van der Waals surface area contributed by atoms with Crippen molar-refractivity contribution in [3.8, 4) is 27.6 Å². The molecule has 0 unspecified atom stereocenters. The Balaban J connectivity index is 2.01. The molecular formula is C20H16ClN3O3S. The number of benzene rings is 1. The summed E-state index contributed by atoms with van der Waals surface area (Å²) in [5, 5.41) is 5.64. The second-order valence-corrected chi connectivity index (χ2v) is 7.40. The largest absolute Gasteiger partial charge is 0.496 e. The molecule has 0 bridgehead atoms. The fraction of sp³-hybridized carbons (Fsp3) is 0.150. The number of rotatable bonds is 4. The molecule has 1 aromatic carbocycles. The minimum Gasteiger partial charge on any atom is -0.496 e.